The molecule has 0 bridgehead atoms. The first kappa shape index (κ1) is 11.0. The third-order valence-electron chi connectivity index (χ3n) is 2.58. The van der Waals surface area contributed by atoms with Gasteiger partial charge in [0.2, 0.25) is 0 Å². The summed E-state index contributed by atoms with van der Waals surface area (Å²) in [4.78, 5) is 0. The highest BCUT2D eigenvalue weighted by Gasteiger charge is 2.21. The van der Waals surface area contributed by atoms with Crippen molar-refractivity contribution in [3.05, 3.63) is 0 Å². The number of ether oxygens (including phenoxy) is 1. The molecule has 1 fully saturated rings. The van der Waals surface area contributed by atoms with Crippen LogP contribution in [0.15, 0.2) is 0 Å². The van der Waals surface area contributed by atoms with Crippen molar-refractivity contribution < 1.29 is 4.74 Å². The molecule has 1 rings (SSSR count). The molecule has 78 valence electrons. The van der Waals surface area contributed by atoms with Gasteiger partial charge in [0.25, 0.3) is 0 Å². The van der Waals surface area contributed by atoms with Gasteiger partial charge >= 0.3 is 0 Å². The number of rotatable bonds is 3. The fraction of sp³-hybridized carbons (Fsp3) is 1.00. The van der Waals surface area contributed by atoms with E-state index in [1.54, 1.807) is 0 Å². The van der Waals surface area contributed by atoms with Crippen molar-refractivity contribution in [1.82, 2.24) is 0 Å². The lowest BCUT2D eigenvalue weighted by Gasteiger charge is -2.29. The molecule has 0 aromatic rings. The maximum absolute atomic E-state index is 5.86. The second-order valence-corrected chi connectivity index (χ2v) is 5.19. The molecule has 2 nitrogen and oxygen atoms in total. The van der Waals surface area contributed by atoms with E-state index in [-0.39, 0.29) is 5.54 Å². The Bertz CT molecular complexity index is 151. The predicted molar refractivity (Wildman–Crippen MR) is 55.6 cm³/mol. The largest absolute Gasteiger partial charge is 0.376 e. The van der Waals surface area contributed by atoms with E-state index in [0.717, 1.165) is 5.92 Å². The minimum atomic E-state index is -0.180. The summed E-state index contributed by atoms with van der Waals surface area (Å²) >= 11 is 0. The molecule has 2 atom stereocenters. The molecule has 0 aliphatic heterocycles. The van der Waals surface area contributed by atoms with Crippen molar-refractivity contribution in [3.63, 3.8) is 0 Å². The standard InChI is InChI=1S/C11H23NO/c1-9-5-4-6-10(7-9)13-8-11(2,3)12/h9-10H,4-8,12H2,1-3H3. The Balaban J connectivity index is 2.21. The minimum Gasteiger partial charge on any atom is -0.376 e. The first-order valence-electron chi connectivity index (χ1n) is 5.38. The van der Waals surface area contributed by atoms with Gasteiger partial charge in [-0.15, -0.1) is 0 Å². The molecule has 2 unspecified atom stereocenters. The van der Waals surface area contributed by atoms with E-state index >= 15 is 0 Å². The molecular formula is C11H23NO. The Morgan fingerprint density at radius 3 is 2.62 bits per heavy atom. The molecule has 0 radical (unpaired) electrons. The zero-order valence-electron chi connectivity index (χ0n) is 9.18. The SMILES string of the molecule is CC1CCCC(OCC(C)(C)N)C1. The van der Waals surface area contributed by atoms with Crippen LogP contribution in [-0.4, -0.2) is 18.2 Å². The third kappa shape index (κ3) is 4.63. The molecule has 1 aliphatic rings. The fourth-order valence-corrected chi connectivity index (χ4v) is 1.86. The van der Waals surface area contributed by atoms with E-state index < -0.39 is 0 Å². The molecule has 2 heteroatoms. The lowest BCUT2D eigenvalue weighted by Crippen LogP contribution is -2.39. The van der Waals surface area contributed by atoms with Gasteiger partial charge in [-0.1, -0.05) is 19.8 Å². The van der Waals surface area contributed by atoms with Crippen molar-refractivity contribution in [2.45, 2.75) is 58.1 Å². The molecule has 0 spiro atoms. The lowest BCUT2D eigenvalue weighted by atomic mass is 9.88. The highest BCUT2D eigenvalue weighted by Crippen LogP contribution is 2.25. The summed E-state index contributed by atoms with van der Waals surface area (Å²) in [6.45, 7) is 7.02. The van der Waals surface area contributed by atoms with Crippen LogP contribution >= 0.6 is 0 Å². The Labute approximate surface area is 81.8 Å². The third-order valence-corrected chi connectivity index (χ3v) is 2.58. The van der Waals surface area contributed by atoms with Gasteiger partial charge in [0.05, 0.1) is 12.7 Å². The van der Waals surface area contributed by atoms with Crippen LogP contribution in [0, 0.1) is 5.92 Å². The van der Waals surface area contributed by atoms with Crippen LogP contribution in [-0.2, 0) is 4.74 Å². The van der Waals surface area contributed by atoms with Crippen LogP contribution in [0.5, 0.6) is 0 Å². The summed E-state index contributed by atoms with van der Waals surface area (Å²) in [5.41, 5.74) is 5.68. The summed E-state index contributed by atoms with van der Waals surface area (Å²) < 4.78 is 5.79. The Morgan fingerprint density at radius 2 is 2.08 bits per heavy atom. The normalized spacial score (nSPS) is 30.5. The van der Waals surface area contributed by atoms with E-state index in [9.17, 15) is 0 Å². The van der Waals surface area contributed by atoms with Gasteiger partial charge in [-0.25, -0.2) is 0 Å². The van der Waals surface area contributed by atoms with Crippen LogP contribution in [0.3, 0.4) is 0 Å². The Hall–Kier alpha value is -0.0800. The molecule has 13 heavy (non-hydrogen) atoms. The zero-order valence-corrected chi connectivity index (χ0v) is 9.18. The van der Waals surface area contributed by atoms with Crippen molar-refractivity contribution in [2.24, 2.45) is 11.7 Å². The van der Waals surface area contributed by atoms with Gasteiger partial charge in [-0.05, 0) is 32.6 Å². The van der Waals surface area contributed by atoms with E-state index in [0.29, 0.717) is 12.7 Å². The van der Waals surface area contributed by atoms with Gasteiger partial charge in [-0.3, -0.25) is 0 Å². The highest BCUT2D eigenvalue weighted by molar-refractivity contribution is 4.75. The van der Waals surface area contributed by atoms with Crippen molar-refractivity contribution >= 4 is 0 Å². The lowest BCUT2D eigenvalue weighted by molar-refractivity contribution is -0.00402. The second-order valence-electron chi connectivity index (χ2n) is 5.19. The molecule has 0 aromatic carbocycles. The summed E-state index contributed by atoms with van der Waals surface area (Å²) in [6, 6.07) is 0. The van der Waals surface area contributed by atoms with Gasteiger partial charge in [0.15, 0.2) is 0 Å². The van der Waals surface area contributed by atoms with E-state index in [2.05, 4.69) is 6.92 Å². The second kappa shape index (κ2) is 4.43. The summed E-state index contributed by atoms with van der Waals surface area (Å²) in [5.74, 6) is 0.833. The maximum atomic E-state index is 5.86. The summed E-state index contributed by atoms with van der Waals surface area (Å²) in [5, 5.41) is 0. The van der Waals surface area contributed by atoms with Crippen LogP contribution < -0.4 is 5.73 Å². The van der Waals surface area contributed by atoms with Crippen molar-refractivity contribution in [2.75, 3.05) is 6.61 Å². The molecule has 0 saturated heterocycles. The molecular weight excluding hydrogens is 162 g/mol. The Morgan fingerprint density at radius 1 is 1.38 bits per heavy atom. The summed E-state index contributed by atoms with van der Waals surface area (Å²) in [6.07, 6.45) is 5.59. The van der Waals surface area contributed by atoms with E-state index in [1.165, 1.54) is 25.7 Å². The maximum Gasteiger partial charge on any atom is 0.0644 e. The molecule has 1 saturated carbocycles. The van der Waals surface area contributed by atoms with Gasteiger partial charge < -0.3 is 10.5 Å². The average Bonchev–Trinajstić information content (AvgIpc) is 2.00. The quantitative estimate of drug-likeness (QED) is 0.732. The molecule has 0 heterocycles. The van der Waals surface area contributed by atoms with Crippen LogP contribution in [0.25, 0.3) is 0 Å². The fourth-order valence-electron chi connectivity index (χ4n) is 1.86. The van der Waals surface area contributed by atoms with Gasteiger partial charge in [0, 0.05) is 5.54 Å². The number of hydrogen-bond acceptors (Lipinski definition) is 2. The highest BCUT2D eigenvalue weighted by atomic mass is 16.5. The number of nitrogens with two attached hydrogens (primary N) is 1. The number of hydrogen-bond donors (Lipinski definition) is 1. The minimum absolute atomic E-state index is 0.180. The molecule has 0 amide bonds. The van der Waals surface area contributed by atoms with Crippen molar-refractivity contribution in [1.29, 1.82) is 0 Å². The molecule has 2 N–H and O–H groups in total. The van der Waals surface area contributed by atoms with Crippen molar-refractivity contribution in [3.8, 4) is 0 Å². The van der Waals surface area contributed by atoms with Crippen LogP contribution in [0.2, 0.25) is 0 Å². The Kier molecular flexibility index (Phi) is 3.74. The van der Waals surface area contributed by atoms with E-state index in [1.807, 2.05) is 13.8 Å². The monoisotopic (exact) mass is 185 g/mol. The first-order chi connectivity index (χ1) is 5.97. The van der Waals surface area contributed by atoms with Crippen LogP contribution in [0.4, 0.5) is 0 Å². The smallest absolute Gasteiger partial charge is 0.0644 e. The average molecular weight is 185 g/mol. The van der Waals surface area contributed by atoms with Crippen LogP contribution in [0.1, 0.15) is 46.5 Å². The van der Waals surface area contributed by atoms with Gasteiger partial charge in [0.1, 0.15) is 0 Å². The molecule has 1 aliphatic carbocycles. The van der Waals surface area contributed by atoms with Gasteiger partial charge in [-0.2, -0.15) is 0 Å². The molecule has 0 aromatic heterocycles. The zero-order chi connectivity index (χ0) is 9.90. The predicted octanol–water partition coefficient (Wildman–Crippen LogP) is 2.32. The topological polar surface area (TPSA) is 35.2 Å². The van der Waals surface area contributed by atoms with E-state index in [4.69, 9.17) is 10.5 Å². The first-order valence-corrected chi connectivity index (χ1v) is 5.38. The summed E-state index contributed by atoms with van der Waals surface area (Å²) in [7, 11) is 0.